The minimum atomic E-state index is -0.663. The SMILES string of the molecule is C.C.CC(=O)OCC(=O)[C@@]12CN(Cc3ccccc3)C[C@@H]1C[C@H]1[C@@H]3CCC4=CC(=O)C=C[C@]4(C)[C@H]3[C@@H](O)C[C@@]12C.C[C@]12C=CC(=O)C=C1CC[C@@H]1[C@@H]2[C@@H](O)C[C@@]2(C)[C@H]1C[C@H]1CN(Cc3ccccc3)C[C@]12C(=O)CO. The summed E-state index contributed by atoms with van der Waals surface area (Å²) in [6.07, 6.45) is 16.5. The van der Waals surface area contributed by atoms with Crippen LogP contribution in [0.25, 0.3) is 0 Å². The highest BCUT2D eigenvalue weighted by molar-refractivity contribution is 6.01. The van der Waals surface area contributed by atoms with Crippen LogP contribution in [-0.4, -0.2) is 106 Å². The van der Waals surface area contributed by atoms with Crippen LogP contribution in [0.5, 0.6) is 0 Å². The molecule has 2 saturated heterocycles. The number of benzene rings is 2. The Kier molecular flexibility index (Phi) is 14.7. The summed E-state index contributed by atoms with van der Waals surface area (Å²) >= 11 is 0. The summed E-state index contributed by atoms with van der Waals surface area (Å²) < 4.78 is 5.31. The van der Waals surface area contributed by atoms with Crippen molar-refractivity contribution in [3.8, 4) is 0 Å². The van der Waals surface area contributed by atoms with Gasteiger partial charge in [0, 0.05) is 68.9 Å². The monoisotopic (exact) mass is 1020 g/mol. The van der Waals surface area contributed by atoms with Gasteiger partial charge in [0.1, 0.15) is 6.61 Å². The Morgan fingerprint density at radius 3 is 1.45 bits per heavy atom. The second-order valence-electron chi connectivity index (χ2n) is 25.3. The number of fused-ring (bicyclic) bond motifs is 14. The minimum Gasteiger partial charge on any atom is -0.458 e. The smallest absolute Gasteiger partial charge is 0.303 e. The molecule has 404 valence electrons. The van der Waals surface area contributed by atoms with E-state index in [0.29, 0.717) is 43.7 Å². The molecule has 2 aliphatic heterocycles. The lowest BCUT2D eigenvalue weighted by atomic mass is 9.44. The van der Waals surface area contributed by atoms with Crippen molar-refractivity contribution in [2.24, 2.45) is 79.8 Å². The van der Waals surface area contributed by atoms with Gasteiger partial charge in [0.05, 0.1) is 23.0 Å². The number of Topliss-reactive ketones (excluding diaryl/α,β-unsaturated/α-hetero) is 2. The van der Waals surface area contributed by atoms with E-state index in [1.807, 2.05) is 36.4 Å². The quantitative estimate of drug-likeness (QED) is 0.206. The topological polar surface area (TPSA) is 162 Å². The number of nitrogens with zero attached hydrogens (tertiary/aromatic N) is 2. The fraction of sp³-hybridized carbons (Fsp3) is 0.609. The van der Waals surface area contributed by atoms with Crippen molar-refractivity contribution in [1.29, 1.82) is 0 Å². The van der Waals surface area contributed by atoms with E-state index in [2.05, 4.69) is 73.9 Å². The molecule has 0 bridgehead atoms. The van der Waals surface area contributed by atoms with E-state index in [4.69, 9.17) is 4.74 Å². The second kappa shape index (κ2) is 20.0. The lowest BCUT2D eigenvalue weighted by Crippen LogP contribution is -2.60. The number of rotatable bonds is 9. The maximum absolute atomic E-state index is 14.2. The van der Waals surface area contributed by atoms with Crippen LogP contribution in [0.2, 0.25) is 0 Å². The minimum absolute atomic E-state index is 0. The molecule has 0 aromatic heterocycles. The van der Waals surface area contributed by atoms with E-state index < -0.39 is 41.0 Å². The van der Waals surface area contributed by atoms with E-state index in [9.17, 15) is 39.3 Å². The van der Waals surface area contributed by atoms with Crippen molar-refractivity contribution in [2.75, 3.05) is 39.4 Å². The first-order chi connectivity index (χ1) is 34.8. The Balaban J connectivity index is 0.000000179. The van der Waals surface area contributed by atoms with Crippen LogP contribution in [0.15, 0.2) is 108 Å². The summed E-state index contributed by atoms with van der Waals surface area (Å²) in [6, 6.07) is 20.7. The van der Waals surface area contributed by atoms with Crippen molar-refractivity contribution in [1.82, 2.24) is 9.80 Å². The maximum Gasteiger partial charge on any atom is 0.303 e. The van der Waals surface area contributed by atoms with Crippen LogP contribution in [0, 0.1) is 79.8 Å². The van der Waals surface area contributed by atoms with Gasteiger partial charge in [-0.3, -0.25) is 33.8 Å². The van der Waals surface area contributed by atoms with Gasteiger partial charge in [-0.15, -0.1) is 0 Å². The lowest BCUT2D eigenvalue weighted by molar-refractivity contribution is -0.164. The van der Waals surface area contributed by atoms with Crippen LogP contribution < -0.4 is 0 Å². The van der Waals surface area contributed by atoms with Gasteiger partial charge < -0.3 is 20.1 Å². The molecule has 3 N–H and O–H groups in total. The first kappa shape index (κ1) is 55.1. The molecule has 8 aliphatic carbocycles. The zero-order valence-corrected chi connectivity index (χ0v) is 43.5. The summed E-state index contributed by atoms with van der Waals surface area (Å²) in [4.78, 5) is 68.5. The lowest BCUT2D eigenvalue weighted by Gasteiger charge is -2.60. The third-order valence-corrected chi connectivity index (χ3v) is 22.2. The van der Waals surface area contributed by atoms with Crippen molar-refractivity contribution < 1.29 is 44.0 Å². The molecule has 8 fully saturated rings. The molecule has 0 spiro atoms. The number of hydrogen-bond acceptors (Lipinski definition) is 11. The van der Waals surface area contributed by atoms with Gasteiger partial charge in [-0.1, -0.05) is 127 Å². The zero-order chi connectivity index (χ0) is 51.5. The molecule has 16 atom stereocenters. The molecule has 0 amide bonds. The number of allylic oxidation sites excluding steroid dienone is 8. The predicted molar refractivity (Wildman–Crippen MR) is 289 cm³/mol. The standard InChI is InChI=1S/C32H39NO5.C30H37NO4.2CH4/c1-20(34)38-18-28(37)32-19-33(16-21-7-5-4-6-8-21)17-23(32)14-26-25-10-9-22-13-24(35)11-12-30(22,2)29(25)27(36)15-31(26,32)3;1-28-11-10-22(33)12-20(28)8-9-23-24-13-21-16-31(15-19-6-4-3-5-7-19)18-30(21,26(35)17-32)29(24,2)14-25(34)27(23)28;;/h4-8,11-13,23,25-27,29,36H,9-10,14-19H2,1-3H3;3-7,10-12,21,23-25,27,32,34H,8-9,13-18H2,1-2H3;2*1H4/t23-,25-,26-,27-,29+,30-,31-,32+;21-,23-,24-,25-,27+,28-,29-,30+;;/m00../s1. The predicted octanol–water partition coefficient (Wildman–Crippen LogP) is 8.95. The Hall–Kier alpha value is -4.65. The Morgan fingerprint density at radius 2 is 1.05 bits per heavy atom. The van der Waals surface area contributed by atoms with E-state index in [0.717, 1.165) is 75.9 Å². The number of ketones is 4. The molecule has 0 radical (unpaired) electrons. The van der Waals surface area contributed by atoms with Gasteiger partial charge in [0.2, 0.25) is 0 Å². The van der Waals surface area contributed by atoms with E-state index >= 15 is 0 Å². The first-order valence-electron chi connectivity index (χ1n) is 27.4. The molecule has 12 rings (SSSR count). The molecular formula is C64H84N2O9. The normalized spacial score (nSPS) is 41.7. The molecule has 2 aromatic carbocycles. The fourth-order valence-corrected chi connectivity index (χ4v) is 19.4. The van der Waals surface area contributed by atoms with Gasteiger partial charge >= 0.3 is 5.97 Å². The molecule has 6 saturated carbocycles. The number of aliphatic hydroxyl groups excluding tert-OH is 3. The van der Waals surface area contributed by atoms with Crippen molar-refractivity contribution >= 4 is 29.1 Å². The van der Waals surface area contributed by atoms with Gasteiger partial charge in [0.15, 0.2) is 29.7 Å². The largest absolute Gasteiger partial charge is 0.458 e. The van der Waals surface area contributed by atoms with Gasteiger partial charge in [-0.2, -0.15) is 0 Å². The summed E-state index contributed by atoms with van der Waals surface area (Å²) in [5.74, 6) is 1.27. The van der Waals surface area contributed by atoms with E-state index in [1.54, 1.807) is 24.3 Å². The molecule has 75 heavy (non-hydrogen) atoms. The highest BCUT2D eigenvalue weighted by Crippen LogP contribution is 2.74. The molecular weight excluding hydrogens is 941 g/mol. The third-order valence-electron chi connectivity index (χ3n) is 22.2. The van der Waals surface area contributed by atoms with Crippen LogP contribution in [0.4, 0.5) is 0 Å². The Morgan fingerprint density at radius 1 is 0.640 bits per heavy atom. The summed E-state index contributed by atoms with van der Waals surface area (Å²) in [5.41, 5.74) is 2.09. The number of hydrogen-bond donors (Lipinski definition) is 3. The van der Waals surface area contributed by atoms with Gasteiger partial charge in [0.25, 0.3) is 0 Å². The average molecular weight is 1030 g/mol. The van der Waals surface area contributed by atoms with Crippen LogP contribution in [0.1, 0.15) is 112 Å². The number of ether oxygens (including phenoxy) is 1. The van der Waals surface area contributed by atoms with E-state index in [1.165, 1.54) is 18.1 Å². The summed E-state index contributed by atoms with van der Waals surface area (Å²) in [5, 5.41) is 33.8. The first-order valence-corrected chi connectivity index (χ1v) is 27.4. The molecule has 2 aromatic rings. The zero-order valence-electron chi connectivity index (χ0n) is 43.5. The highest BCUT2D eigenvalue weighted by Gasteiger charge is 2.75. The molecule has 11 nitrogen and oxygen atoms in total. The Bertz CT molecular complexity index is 2700. The van der Waals surface area contributed by atoms with Gasteiger partial charge in [-0.05, 0) is 133 Å². The number of carbonyl (C=O) groups is 5. The van der Waals surface area contributed by atoms with E-state index in [-0.39, 0.29) is 90.4 Å². The van der Waals surface area contributed by atoms with Crippen LogP contribution in [-0.2, 0) is 41.8 Å². The third kappa shape index (κ3) is 8.33. The number of carbonyl (C=O) groups excluding carboxylic acids is 5. The second-order valence-corrected chi connectivity index (χ2v) is 25.3. The van der Waals surface area contributed by atoms with Crippen molar-refractivity contribution in [2.45, 2.75) is 126 Å². The fourth-order valence-electron chi connectivity index (χ4n) is 19.4. The number of aliphatic hydroxyl groups is 3. The summed E-state index contributed by atoms with van der Waals surface area (Å²) in [6.45, 7) is 14.1. The van der Waals surface area contributed by atoms with Crippen molar-refractivity contribution in [3.63, 3.8) is 0 Å². The van der Waals surface area contributed by atoms with Gasteiger partial charge in [-0.25, -0.2) is 0 Å². The Labute approximate surface area is 445 Å². The summed E-state index contributed by atoms with van der Waals surface area (Å²) in [7, 11) is 0. The van der Waals surface area contributed by atoms with Crippen LogP contribution >= 0.6 is 0 Å². The molecule has 11 heteroatoms. The molecule has 0 unspecified atom stereocenters. The number of esters is 1. The molecule has 10 aliphatic rings. The maximum atomic E-state index is 14.2. The average Bonchev–Trinajstić information content (AvgIpc) is 4.09. The van der Waals surface area contributed by atoms with Crippen molar-refractivity contribution in [3.05, 3.63) is 119 Å². The molecule has 2 heterocycles. The van der Waals surface area contributed by atoms with Crippen LogP contribution in [0.3, 0.4) is 0 Å². The number of likely N-dealkylation sites (tertiary alicyclic amines) is 2. The highest BCUT2D eigenvalue weighted by atomic mass is 16.5.